The zero-order valence-electron chi connectivity index (χ0n) is 15.8. The van der Waals surface area contributed by atoms with Gasteiger partial charge in [0.05, 0.1) is 24.3 Å². The fraction of sp³-hybridized carbons (Fsp3) is 0.278. The van der Waals surface area contributed by atoms with Crippen molar-refractivity contribution in [2.45, 2.75) is 11.3 Å². The molecule has 0 bridgehead atoms. The number of halogens is 2. The Morgan fingerprint density at radius 3 is 2.60 bits per heavy atom. The minimum Gasteiger partial charge on any atom is -0.378 e. The van der Waals surface area contributed by atoms with E-state index in [0.717, 1.165) is 4.31 Å². The minimum absolute atomic E-state index is 0.0479. The van der Waals surface area contributed by atoms with Gasteiger partial charge in [0.1, 0.15) is 16.8 Å². The van der Waals surface area contributed by atoms with Gasteiger partial charge >= 0.3 is 0 Å². The van der Waals surface area contributed by atoms with Crippen molar-refractivity contribution in [3.8, 4) is 0 Å². The average Bonchev–Trinajstić information content (AvgIpc) is 3.19. The Bertz CT molecular complexity index is 1050. The number of hydrogen-bond acceptors (Lipinski definition) is 7. The molecule has 1 amide bonds. The molecule has 9 nitrogen and oxygen atoms in total. The number of benzene rings is 1. The summed E-state index contributed by atoms with van der Waals surface area (Å²) >= 11 is 5.66. The van der Waals surface area contributed by atoms with E-state index in [9.17, 15) is 17.6 Å². The second kappa shape index (κ2) is 8.94. The third-order valence-corrected chi connectivity index (χ3v) is 6.84. The summed E-state index contributed by atoms with van der Waals surface area (Å²) in [6.45, 7) is 0.562. The number of nitrogens with two attached hydrogens (primary N) is 1. The smallest absolute Gasteiger partial charge is 0.274 e. The lowest BCUT2D eigenvalue weighted by molar-refractivity contribution is 0.102. The molecular weight excluding hydrogens is 437 g/mol. The van der Waals surface area contributed by atoms with Crippen LogP contribution in [0, 0.1) is 5.82 Å². The lowest BCUT2D eigenvalue weighted by atomic mass is 10.3. The van der Waals surface area contributed by atoms with E-state index in [2.05, 4.69) is 15.3 Å². The molecule has 1 fully saturated rings. The predicted octanol–water partition coefficient (Wildman–Crippen LogP) is 1.47. The van der Waals surface area contributed by atoms with Gasteiger partial charge in [-0.3, -0.25) is 4.79 Å². The van der Waals surface area contributed by atoms with E-state index in [1.807, 2.05) is 0 Å². The molecule has 4 rings (SSSR count). The van der Waals surface area contributed by atoms with Gasteiger partial charge in [-0.2, -0.15) is 0 Å². The van der Waals surface area contributed by atoms with Crippen molar-refractivity contribution in [1.82, 2.24) is 9.29 Å². The molecule has 3 heterocycles. The topological polar surface area (TPSA) is 127 Å². The molecule has 160 valence electrons. The molecule has 2 aliphatic heterocycles. The van der Waals surface area contributed by atoms with Crippen molar-refractivity contribution >= 4 is 39.2 Å². The maximum Gasteiger partial charge on any atom is 0.274 e. The molecule has 2 aromatic rings. The number of aromatic nitrogens is 1. The second-order valence-corrected chi connectivity index (χ2v) is 9.09. The van der Waals surface area contributed by atoms with Crippen molar-refractivity contribution in [2.75, 3.05) is 25.6 Å². The zero-order chi connectivity index (χ0) is 21.9. The number of fused-ring (bicyclic) bond motifs is 1. The molecule has 2 aliphatic rings. The SMILES string of the molecule is CN1C(N)=NC2COCC2S1(=O)=O.O=C(Nc1ccc(F)cc1)c1ccc(Cl)cn1. The van der Waals surface area contributed by atoms with Gasteiger partial charge in [-0.25, -0.2) is 27.1 Å². The highest BCUT2D eigenvalue weighted by Crippen LogP contribution is 2.24. The molecule has 3 N–H and O–H groups in total. The van der Waals surface area contributed by atoms with Crippen molar-refractivity contribution in [1.29, 1.82) is 0 Å². The van der Waals surface area contributed by atoms with Crippen LogP contribution in [-0.2, 0) is 14.8 Å². The number of pyridine rings is 1. The van der Waals surface area contributed by atoms with Crippen LogP contribution in [-0.4, -0.2) is 61.1 Å². The van der Waals surface area contributed by atoms with Crippen LogP contribution in [0.4, 0.5) is 10.1 Å². The molecule has 0 radical (unpaired) electrons. The fourth-order valence-corrected chi connectivity index (χ4v) is 4.38. The Hall–Kier alpha value is -2.76. The van der Waals surface area contributed by atoms with E-state index in [4.69, 9.17) is 22.1 Å². The summed E-state index contributed by atoms with van der Waals surface area (Å²) in [4.78, 5) is 19.6. The predicted molar refractivity (Wildman–Crippen MR) is 110 cm³/mol. The van der Waals surface area contributed by atoms with Crippen LogP contribution < -0.4 is 11.1 Å². The van der Waals surface area contributed by atoms with Gasteiger partial charge in [0, 0.05) is 18.9 Å². The first-order valence-corrected chi connectivity index (χ1v) is 10.6. The molecule has 1 aromatic heterocycles. The second-order valence-electron chi connectivity index (χ2n) is 6.47. The first-order valence-electron chi connectivity index (χ1n) is 8.75. The summed E-state index contributed by atoms with van der Waals surface area (Å²) in [5, 5.41) is 2.50. The third-order valence-electron chi connectivity index (χ3n) is 4.45. The highest BCUT2D eigenvalue weighted by molar-refractivity contribution is 7.90. The van der Waals surface area contributed by atoms with Crippen LogP contribution in [0.25, 0.3) is 0 Å². The lowest BCUT2D eigenvalue weighted by Gasteiger charge is -2.28. The van der Waals surface area contributed by atoms with Gasteiger partial charge in [0.2, 0.25) is 16.0 Å². The molecule has 12 heteroatoms. The number of ether oxygens (including phenoxy) is 1. The number of nitrogens with one attached hydrogen (secondary N) is 1. The number of anilines is 1. The molecule has 1 saturated heterocycles. The number of rotatable bonds is 2. The van der Waals surface area contributed by atoms with E-state index >= 15 is 0 Å². The molecule has 0 saturated carbocycles. The van der Waals surface area contributed by atoms with E-state index in [1.54, 1.807) is 6.07 Å². The Labute approximate surface area is 177 Å². The Kier molecular flexibility index (Phi) is 6.54. The van der Waals surface area contributed by atoms with E-state index in [1.165, 1.54) is 43.6 Å². The van der Waals surface area contributed by atoms with Crippen LogP contribution in [0.1, 0.15) is 10.5 Å². The van der Waals surface area contributed by atoms with Gasteiger partial charge in [-0.05, 0) is 36.4 Å². The molecule has 1 aromatic carbocycles. The number of hydrogen-bond donors (Lipinski definition) is 2. The Morgan fingerprint density at radius 2 is 1.97 bits per heavy atom. The number of nitrogens with zero attached hydrogens (tertiary/aromatic N) is 3. The summed E-state index contributed by atoms with van der Waals surface area (Å²) in [5.41, 5.74) is 6.21. The van der Waals surface area contributed by atoms with Gasteiger partial charge in [-0.1, -0.05) is 11.6 Å². The van der Waals surface area contributed by atoms with Crippen molar-refractivity contribution in [2.24, 2.45) is 10.7 Å². The van der Waals surface area contributed by atoms with Gasteiger partial charge in [0.25, 0.3) is 5.91 Å². The van der Waals surface area contributed by atoms with Crippen LogP contribution in [0.15, 0.2) is 47.6 Å². The van der Waals surface area contributed by atoms with Crippen LogP contribution in [0.2, 0.25) is 5.02 Å². The van der Waals surface area contributed by atoms with Crippen molar-refractivity contribution in [3.05, 3.63) is 59.1 Å². The molecule has 2 atom stereocenters. The van der Waals surface area contributed by atoms with Gasteiger partial charge < -0.3 is 15.8 Å². The average molecular weight is 456 g/mol. The summed E-state index contributed by atoms with van der Waals surface area (Å²) in [6.07, 6.45) is 1.39. The molecular formula is C18H19ClFN5O4S. The summed E-state index contributed by atoms with van der Waals surface area (Å²) < 4.78 is 42.1. The normalized spacial score (nSPS) is 21.7. The van der Waals surface area contributed by atoms with Crippen LogP contribution >= 0.6 is 11.6 Å². The zero-order valence-corrected chi connectivity index (χ0v) is 17.4. The lowest BCUT2D eigenvalue weighted by Crippen LogP contribution is -2.52. The summed E-state index contributed by atoms with van der Waals surface area (Å²) in [5.74, 6) is -0.673. The quantitative estimate of drug-likeness (QED) is 0.706. The first-order chi connectivity index (χ1) is 14.2. The number of aliphatic imine (C=N–C) groups is 1. The highest BCUT2D eigenvalue weighted by Gasteiger charge is 2.45. The van der Waals surface area contributed by atoms with E-state index in [-0.39, 0.29) is 36.0 Å². The molecule has 0 aliphatic carbocycles. The van der Waals surface area contributed by atoms with E-state index < -0.39 is 15.3 Å². The van der Waals surface area contributed by atoms with Gasteiger partial charge in [0.15, 0.2) is 0 Å². The third kappa shape index (κ3) is 4.86. The fourth-order valence-electron chi connectivity index (χ4n) is 2.75. The highest BCUT2D eigenvalue weighted by atomic mass is 35.5. The van der Waals surface area contributed by atoms with Crippen molar-refractivity contribution in [3.63, 3.8) is 0 Å². The largest absolute Gasteiger partial charge is 0.378 e. The summed E-state index contributed by atoms with van der Waals surface area (Å²) in [6, 6.07) is 8.26. The standard InChI is InChI=1S/C12H8ClFN2O.C6H11N3O3S/c13-8-1-6-11(15-7-8)12(17)16-10-4-2-9(14)3-5-10;1-9-6(7)8-4-2-12-3-5(4)13(9,10)11/h1-7H,(H,16,17);4-5H,2-3H2,1H3,(H2,7,8). The van der Waals surface area contributed by atoms with Crippen LogP contribution in [0.5, 0.6) is 0 Å². The number of amides is 1. The Balaban J connectivity index is 0.000000177. The van der Waals surface area contributed by atoms with Gasteiger partial charge in [-0.15, -0.1) is 0 Å². The number of guanidine groups is 1. The Morgan fingerprint density at radius 1 is 1.27 bits per heavy atom. The molecule has 0 spiro atoms. The van der Waals surface area contributed by atoms with E-state index in [0.29, 0.717) is 17.3 Å². The maximum atomic E-state index is 12.7. The summed E-state index contributed by atoms with van der Waals surface area (Å²) in [7, 11) is -1.93. The number of carbonyl (C=O) groups excluding carboxylic acids is 1. The molecule has 30 heavy (non-hydrogen) atoms. The maximum absolute atomic E-state index is 12.7. The monoisotopic (exact) mass is 455 g/mol. The number of carbonyl (C=O) groups is 1. The molecule has 2 unspecified atom stereocenters. The first kappa shape index (κ1) is 21.9. The minimum atomic E-state index is -3.34. The van der Waals surface area contributed by atoms with Crippen LogP contribution in [0.3, 0.4) is 0 Å². The van der Waals surface area contributed by atoms with Crippen molar-refractivity contribution < 1.29 is 22.3 Å². The number of sulfonamides is 1.